The lowest BCUT2D eigenvalue weighted by molar-refractivity contribution is -0.148. The van der Waals surface area contributed by atoms with Crippen LogP contribution in [0.4, 0.5) is 5.69 Å². The topological polar surface area (TPSA) is 68.3 Å². The van der Waals surface area contributed by atoms with Crippen LogP contribution in [0.5, 0.6) is 0 Å². The summed E-state index contributed by atoms with van der Waals surface area (Å²) in [6.45, 7) is 1.48. The van der Waals surface area contributed by atoms with Gasteiger partial charge in [-0.15, -0.1) is 11.8 Å². The van der Waals surface area contributed by atoms with Gasteiger partial charge < -0.3 is 10.1 Å². The summed E-state index contributed by atoms with van der Waals surface area (Å²) in [6.07, 6.45) is 5.46. The summed E-state index contributed by atoms with van der Waals surface area (Å²) in [7, 11) is 0. The second-order valence-electron chi connectivity index (χ2n) is 5.02. The molecule has 2 rings (SSSR count). The Bertz CT molecular complexity index is 778. The van der Waals surface area contributed by atoms with Crippen LogP contribution in [0.1, 0.15) is 12.5 Å². The van der Waals surface area contributed by atoms with Gasteiger partial charge in [0, 0.05) is 17.2 Å². The molecular weight excluding hydrogens is 360 g/mol. The molecule has 1 amide bonds. The van der Waals surface area contributed by atoms with Crippen LogP contribution >= 0.6 is 23.4 Å². The predicted octanol–water partition coefficient (Wildman–Crippen LogP) is 4.04. The van der Waals surface area contributed by atoms with Crippen molar-refractivity contribution < 1.29 is 14.3 Å². The molecule has 25 heavy (non-hydrogen) atoms. The van der Waals surface area contributed by atoms with E-state index in [9.17, 15) is 9.59 Å². The molecule has 0 saturated heterocycles. The minimum Gasteiger partial charge on any atom is -0.449 e. The molecule has 130 valence electrons. The van der Waals surface area contributed by atoms with E-state index in [1.165, 1.54) is 19.2 Å². The molecule has 1 aromatic carbocycles. The van der Waals surface area contributed by atoms with Crippen LogP contribution in [-0.2, 0) is 14.3 Å². The number of esters is 1. The maximum Gasteiger partial charge on any atom is 0.331 e. The highest BCUT2D eigenvalue weighted by molar-refractivity contribution is 7.98. The number of nitrogens with one attached hydrogen (secondary N) is 1. The summed E-state index contributed by atoms with van der Waals surface area (Å²) in [5.41, 5.74) is 1.23. The first-order chi connectivity index (χ1) is 12.0. The van der Waals surface area contributed by atoms with Gasteiger partial charge in [-0.2, -0.15) is 0 Å². The third kappa shape index (κ3) is 5.92. The summed E-state index contributed by atoms with van der Waals surface area (Å²) in [5.74, 6) is -1.09. The van der Waals surface area contributed by atoms with E-state index in [4.69, 9.17) is 16.3 Å². The number of hydrogen-bond donors (Lipinski definition) is 1. The highest BCUT2D eigenvalue weighted by Crippen LogP contribution is 2.18. The van der Waals surface area contributed by atoms with Gasteiger partial charge in [-0.1, -0.05) is 23.7 Å². The van der Waals surface area contributed by atoms with E-state index < -0.39 is 18.0 Å². The molecule has 1 aromatic heterocycles. The fraction of sp³-hybridized carbons (Fsp3) is 0.167. The second kappa shape index (κ2) is 9.25. The summed E-state index contributed by atoms with van der Waals surface area (Å²) in [4.78, 5) is 28.9. The number of anilines is 1. The van der Waals surface area contributed by atoms with Crippen molar-refractivity contribution in [2.24, 2.45) is 0 Å². The number of aromatic nitrogens is 1. The Morgan fingerprint density at radius 1 is 1.28 bits per heavy atom. The van der Waals surface area contributed by atoms with Crippen molar-refractivity contribution in [1.29, 1.82) is 0 Å². The number of nitrogens with zero attached hydrogens (tertiary/aromatic N) is 1. The Morgan fingerprint density at radius 3 is 2.64 bits per heavy atom. The van der Waals surface area contributed by atoms with Crippen molar-refractivity contribution >= 4 is 47.0 Å². The smallest absolute Gasteiger partial charge is 0.331 e. The van der Waals surface area contributed by atoms with Gasteiger partial charge >= 0.3 is 5.97 Å². The molecule has 1 N–H and O–H groups in total. The van der Waals surface area contributed by atoms with E-state index in [1.54, 1.807) is 30.0 Å². The van der Waals surface area contributed by atoms with Crippen molar-refractivity contribution in [3.8, 4) is 0 Å². The molecule has 2 aromatic rings. The molecule has 0 fully saturated rings. The molecule has 0 aliphatic heterocycles. The number of hydrogen-bond acceptors (Lipinski definition) is 5. The molecule has 0 saturated carbocycles. The van der Waals surface area contributed by atoms with Crippen LogP contribution in [-0.4, -0.2) is 29.2 Å². The average molecular weight is 377 g/mol. The van der Waals surface area contributed by atoms with E-state index in [-0.39, 0.29) is 5.15 Å². The van der Waals surface area contributed by atoms with E-state index in [0.29, 0.717) is 5.69 Å². The van der Waals surface area contributed by atoms with E-state index in [1.807, 2.05) is 30.5 Å². The molecule has 1 atom stereocenters. The minimum absolute atomic E-state index is 0.169. The van der Waals surface area contributed by atoms with Crippen molar-refractivity contribution in [3.05, 3.63) is 59.4 Å². The quantitative estimate of drug-likeness (QED) is 0.356. The lowest BCUT2D eigenvalue weighted by Gasteiger charge is -2.12. The van der Waals surface area contributed by atoms with E-state index >= 15 is 0 Å². The number of pyridine rings is 1. The van der Waals surface area contributed by atoms with Crippen LogP contribution in [0.3, 0.4) is 0 Å². The molecular formula is C18H17ClN2O3S. The Kier molecular flexibility index (Phi) is 7.03. The van der Waals surface area contributed by atoms with Gasteiger partial charge in [-0.3, -0.25) is 4.79 Å². The van der Waals surface area contributed by atoms with E-state index in [0.717, 1.165) is 10.5 Å². The number of halogens is 1. The van der Waals surface area contributed by atoms with Gasteiger partial charge in [-0.25, -0.2) is 9.78 Å². The molecule has 0 radical (unpaired) electrons. The minimum atomic E-state index is -0.965. The molecule has 0 aliphatic carbocycles. The lowest BCUT2D eigenvalue weighted by atomic mass is 10.2. The number of thioether (sulfide) groups is 1. The SMILES string of the molecule is CSc1ccc(/C=C/C(=O)O[C@@H](C)C(=O)Nc2cccnc2Cl)cc1. The summed E-state index contributed by atoms with van der Waals surface area (Å²) < 4.78 is 5.09. The normalized spacial score (nSPS) is 12.0. The van der Waals surface area contributed by atoms with Crippen LogP contribution < -0.4 is 5.32 Å². The summed E-state index contributed by atoms with van der Waals surface area (Å²) in [6, 6.07) is 11.0. The maximum atomic E-state index is 12.0. The van der Waals surface area contributed by atoms with Gasteiger partial charge in [0.05, 0.1) is 5.69 Å². The maximum absolute atomic E-state index is 12.0. The van der Waals surface area contributed by atoms with Crippen LogP contribution in [0, 0.1) is 0 Å². The molecule has 0 aliphatic rings. The molecule has 0 spiro atoms. The monoisotopic (exact) mass is 376 g/mol. The van der Waals surface area contributed by atoms with Crippen LogP contribution in [0.2, 0.25) is 5.15 Å². The zero-order valence-corrected chi connectivity index (χ0v) is 15.3. The Labute approximate surface area is 155 Å². The first-order valence-electron chi connectivity index (χ1n) is 7.43. The standard InChI is InChI=1S/C18H17ClN2O3S/c1-12(18(23)21-15-4-3-11-20-17(15)19)24-16(22)10-7-13-5-8-14(25-2)9-6-13/h3-12H,1-2H3,(H,21,23)/b10-7+/t12-/m0/s1. The first kappa shape index (κ1) is 19.0. The third-order valence-corrected chi connectivity index (χ3v) is 4.25. The Morgan fingerprint density at radius 2 is 2.00 bits per heavy atom. The Balaban J connectivity index is 1.89. The van der Waals surface area contributed by atoms with Crippen molar-refractivity contribution in [3.63, 3.8) is 0 Å². The molecule has 0 bridgehead atoms. The number of amides is 1. The fourth-order valence-electron chi connectivity index (χ4n) is 1.86. The fourth-order valence-corrected chi connectivity index (χ4v) is 2.43. The highest BCUT2D eigenvalue weighted by atomic mass is 35.5. The van der Waals surface area contributed by atoms with Crippen molar-refractivity contribution in [2.75, 3.05) is 11.6 Å². The number of ether oxygens (including phenoxy) is 1. The van der Waals surface area contributed by atoms with Crippen LogP contribution in [0.15, 0.2) is 53.6 Å². The third-order valence-electron chi connectivity index (χ3n) is 3.21. The van der Waals surface area contributed by atoms with Crippen LogP contribution in [0.25, 0.3) is 6.08 Å². The molecule has 0 unspecified atom stereocenters. The highest BCUT2D eigenvalue weighted by Gasteiger charge is 2.17. The number of rotatable bonds is 6. The predicted molar refractivity (Wildman–Crippen MR) is 101 cm³/mol. The second-order valence-corrected chi connectivity index (χ2v) is 6.25. The first-order valence-corrected chi connectivity index (χ1v) is 9.04. The zero-order chi connectivity index (χ0) is 18.2. The number of benzene rings is 1. The van der Waals surface area contributed by atoms with Gasteiger partial charge in [-0.05, 0) is 49.1 Å². The average Bonchev–Trinajstić information content (AvgIpc) is 2.62. The largest absolute Gasteiger partial charge is 0.449 e. The van der Waals surface area contributed by atoms with Crippen molar-refractivity contribution in [1.82, 2.24) is 4.98 Å². The number of carbonyl (C=O) groups is 2. The van der Waals surface area contributed by atoms with Gasteiger partial charge in [0.15, 0.2) is 11.3 Å². The van der Waals surface area contributed by atoms with E-state index in [2.05, 4.69) is 10.3 Å². The lowest BCUT2D eigenvalue weighted by Crippen LogP contribution is -2.29. The Hall–Kier alpha value is -2.31. The number of carbonyl (C=O) groups excluding carboxylic acids is 2. The van der Waals surface area contributed by atoms with Gasteiger partial charge in [0.1, 0.15) is 0 Å². The molecule has 5 nitrogen and oxygen atoms in total. The summed E-state index contributed by atoms with van der Waals surface area (Å²) >= 11 is 7.51. The summed E-state index contributed by atoms with van der Waals surface area (Å²) in [5, 5.41) is 2.73. The van der Waals surface area contributed by atoms with Crippen molar-refractivity contribution in [2.45, 2.75) is 17.9 Å². The zero-order valence-electron chi connectivity index (χ0n) is 13.7. The molecule has 1 heterocycles. The van der Waals surface area contributed by atoms with Gasteiger partial charge in [0.25, 0.3) is 5.91 Å². The molecule has 7 heteroatoms. The van der Waals surface area contributed by atoms with Gasteiger partial charge in [0.2, 0.25) is 0 Å².